The van der Waals surface area contributed by atoms with Gasteiger partial charge in [0.05, 0.1) is 28.8 Å². The van der Waals surface area contributed by atoms with E-state index < -0.39 is 55.4 Å². The predicted octanol–water partition coefficient (Wildman–Crippen LogP) is 5.57. The third kappa shape index (κ3) is 6.84. The fourth-order valence-corrected chi connectivity index (χ4v) is 12.6. The highest BCUT2D eigenvalue weighted by atomic mass is 32.2. The zero-order chi connectivity index (χ0) is 41.1. The number of nitrogens with zero attached hydrogens (tertiary/aromatic N) is 2. The smallest absolute Gasteiger partial charge is 0.240 e. The first-order valence-corrected chi connectivity index (χ1v) is 22.3. The fourth-order valence-electron chi connectivity index (χ4n) is 11.2. The van der Waals surface area contributed by atoms with Gasteiger partial charge in [-0.1, -0.05) is 67.9 Å². The van der Waals surface area contributed by atoms with Crippen LogP contribution < -0.4 is 10.0 Å². The number of nitrogens with one attached hydrogen (secondary N) is 2. The number of fused-ring (bicyclic) bond motifs is 1. The topological polar surface area (TPSA) is 150 Å². The number of sulfonamides is 1. The second kappa shape index (κ2) is 13.2. The van der Waals surface area contributed by atoms with Crippen LogP contribution in [0.5, 0.6) is 0 Å². The Labute approximate surface area is 330 Å². The van der Waals surface area contributed by atoms with E-state index in [2.05, 4.69) is 56.1 Å². The van der Waals surface area contributed by atoms with Crippen molar-refractivity contribution in [2.45, 2.75) is 169 Å². The molecule has 2 unspecified atom stereocenters. The molecule has 0 aromatic rings. The normalized spacial score (nSPS) is 32.2. The van der Waals surface area contributed by atoms with Gasteiger partial charge in [0.2, 0.25) is 27.7 Å². The van der Waals surface area contributed by atoms with Gasteiger partial charge in [0.15, 0.2) is 11.6 Å². The van der Waals surface area contributed by atoms with Gasteiger partial charge < -0.3 is 10.2 Å². The van der Waals surface area contributed by atoms with Crippen LogP contribution in [0.2, 0.25) is 0 Å². The van der Waals surface area contributed by atoms with Gasteiger partial charge in [-0.05, 0) is 93.3 Å². The van der Waals surface area contributed by atoms with Gasteiger partial charge in [0, 0.05) is 42.8 Å². The molecule has 308 valence electrons. The molecule has 3 amide bonds. The Hall–Kier alpha value is -2.60. The number of Topliss-reactive ketones (excluding diaryl/α,β-unsaturated/α-hetero) is 2. The second-order valence-corrected chi connectivity index (χ2v) is 23.9. The van der Waals surface area contributed by atoms with E-state index in [0.29, 0.717) is 38.6 Å². The lowest BCUT2D eigenvalue weighted by Crippen LogP contribution is -2.64. The molecule has 0 bridgehead atoms. The molecule has 11 nitrogen and oxygen atoms in total. The molecule has 0 radical (unpaired) electrons. The zero-order valence-electron chi connectivity index (χ0n) is 35.4. The molecule has 7 atom stereocenters. The Bertz CT molecular complexity index is 1760. The van der Waals surface area contributed by atoms with E-state index >= 15 is 4.79 Å². The SMILES string of the molecule is C=C[C@H]1C[C@@]1(CC(=O)C1C[C@@]2(CN1C(=O)[C@@H](CC(=O)[C@@H](NC(=O)C1CCN1C(C)(C)C)C(C)(C)C)C(C)(C)C)C(C)(C)C21CCC1)C(=O)NS(=O)(=O)C1CC1. The van der Waals surface area contributed by atoms with Crippen molar-refractivity contribution in [3.63, 3.8) is 0 Å². The van der Waals surface area contributed by atoms with Crippen LogP contribution in [0, 0.1) is 44.3 Å². The second-order valence-electron chi connectivity index (χ2n) is 21.9. The molecule has 2 spiro atoms. The molecule has 2 N–H and O–H groups in total. The predicted molar refractivity (Wildman–Crippen MR) is 212 cm³/mol. The van der Waals surface area contributed by atoms with Crippen molar-refractivity contribution >= 4 is 39.3 Å². The number of hydrogen-bond acceptors (Lipinski definition) is 8. The largest absolute Gasteiger partial charge is 0.344 e. The molecule has 0 aromatic carbocycles. The summed E-state index contributed by atoms with van der Waals surface area (Å²) in [5.74, 6) is -2.67. The van der Waals surface area contributed by atoms with Gasteiger partial charge in [0.25, 0.3) is 0 Å². The van der Waals surface area contributed by atoms with Crippen molar-refractivity contribution in [3.05, 3.63) is 12.7 Å². The summed E-state index contributed by atoms with van der Waals surface area (Å²) in [6.45, 7) is 27.4. The van der Waals surface area contributed by atoms with E-state index in [0.717, 1.165) is 25.8 Å². The number of amides is 3. The summed E-state index contributed by atoms with van der Waals surface area (Å²) in [4.78, 5) is 75.6. The maximum atomic E-state index is 15.2. The molecule has 4 saturated carbocycles. The molecule has 6 aliphatic rings. The highest BCUT2D eigenvalue weighted by Gasteiger charge is 2.85. The highest BCUT2D eigenvalue weighted by molar-refractivity contribution is 7.90. The fraction of sp³-hybridized carbons (Fsp3) is 0.837. The first-order chi connectivity index (χ1) is 25.1. The number of rotatable bonds is 13. The summed E-state index contributed by atoms with van der Waals surface area (Å²) in [7, 11) is -3.82. The van der Waals surface area contributed by atoms with Crippen LogP contribution in [0.4, 0.5) is 0 Å². The van der Waals surface area contributed by atoms with Crippen LogP contribution in [-0.2, 0) is 34.0 Å². The average Bonchev–Trinajstić information content (AvgIpc) is 3.93. The molecule has 12 heteroatoms. The van der Waals surface area contributed by atoms with E-state index in [1.165, 1.54) is 0 Å². The quantitative estimate of drug-likeness (QED) is 0.231. The van der Waals surface area contributed by atoms with Gasteiger partial charge in [-0.15, -0.1) is 6.58 Å². The van der Waals surface area contributed by atoms with Crippen LogP contribution in [0.15, 0.2) is 12.7 Å². The van der Waals surface area contributed by atoms with Crippen molar-refractivity contribution < 1.29 is 32.4 Å². The van der Waals surface area contributed by atoms with E-state index in [-0.39, 0.29) is 70.0 Å². The number of hydrogen-bond donors (Lipinski definition) is 2. The van der Waals surface area contributed by atoms with Crippen LogP contribution in [0.1, 0.15) is 140 Å². The third-order valence-electron chi connectivity index (χ3n) is 15.4. The minimum atomic E-state index is -3.82. The summed E-state index contributed by atoms with van der Waals surface area (Å²) >= 11 is 0. The lowest BCUT2D eigenvalue weighted by molar-refractivity contribution is -0.147. The van der Waals surface area contributed by atoms with Crippen molar-refractivity contribution in [2.24, 2.45) is 44.3 Å². The Morgan fingerprint density at radius 2 is 1.49 bits per heavy atom. The standard InChI is InChI=1S/C43H68N4O7S/c1-13-26-22-41(26,36(52)45-55(53,54)27-15-16-27)24-32(49)30-23-43(40(11,12)42(43)18-14-19-42)25-46(30)35(51)28(37(2,3)4)21-31(48)33(38(5,6)7)44-34(50)29-17-20-47(29)39(8,9)10/h13,26-30,33H,1,14-25H2,2-12H3,(H,44,50)(H,45,52)/t26-,28+,29?,30?,33+,41-,43+/m0/s1. The average molecular weight is 785 g/mol. The molecular formula is C43H68N4O7S. The van der Waals surface area contributed by atoms with Crippen LogP contribution in [0.3, 0.4) is 0 Å². The lowest BCUT2D eigenvalue weighted by atomic mass is 9.73. The molecule has 0 aromatic heterocycles. The number of carbonyl (C=O) groups is 5. The van der Waals surface area contributed by atoms with Gasteiger partial charge in [0.1, 0.15) is 0 Å². The van der Waals surface area contributed by atoms with Gasteiger partial charge >= 0.3 is 0 Å². The number of likely N-dealkylation sites (tertiary alicyclic amines) is 2. The zero-order valence-corrected chi connectivity index (χ0v) is 36.2. The summed E-state index contributed by atoms with van der Waals surface area (Å²) in [5, 5.41) is 2.51. The Morgan fingerprint density at radius 1 is 0.873 bits per heavy atom. The molecule has 6 fully saturated rings. The summed E-state index contributed by atoms with van der Waals surface area (Å²) in [6.07, 6.45) is 7.06. The molecule has 2 heterocycles. The minimum absolute atomic E-state index is 0.0291. The first kappa shape index (κ1) is 42.0. The maximum Gasteiger partial charge on any atom is 0.240 e. The maximum absolute atomic E-state index is 15.2. The Balaban J connectivity index is 1.27. The Kier molecular flexibility index (Phi) is 10.1. The molecule has 55 heavy (non-hydrogen) atoms. The Morgan fingerprint density at radius 3 is 1.91 bits per heavy atom. The van der Waals surface area contributed by atoms with Crippen molar-refractivity contribution in [2.75, 3.05) is 13.1 Å². The van der Waals surface area contributed by atoms with Gasteiger partial charge in [-0.2, -0.15) is 0 Å². The van der Waals surface area contributed by atoms with Gasteiger partial charge in [-0.3, -0.25) is 33.6 Å². The van der Waals surface area contributed by atoms with E-state index in [9.17, 15) is 27.6 Å². The van der Waals surface area contributed by atoms with Crippen molar-refractivity contribution in [1.82, 2.24) is 19.8 Å². The molecule has 2 saturated heterocycles. The molecule has 6 rings (SSSR count). The van der Waals surface area contributed by atoms with Crippen LogP contribution >= 0.6 is 0 Å². The number of ketones is 2. The monoisotopic (exact) mass is 784 g/mol. The van der Waals surface area contributed by atoms with Crippen LogP contribution in [-0.4, -0.2) is 89.5 Å². The van der Waals surface area contributed by atoms with E-state index in [1.54, 1.807) is 11.0 Å². The summed E-state index contributed by atoms with van der Waals surface area (Å²) in [5.41, 5.74) is -3.02. The van der Waals surface area contributed by atoms with E-state index in [1.807, 2.05) is 41.5 Å². The summed E-state index contributed by atoms with van der Waals surface area (Å²) < 4.78 is 27.9. The van der Waals surface area contributed by atoms with E-state index in [4.69, 9.17) is 0 Å². The molecule has 4 aliphatic carbocycles. The van der Waals surface area contributed by atoms with Gasteiger partial charge in [-0.25, -0.2) is 8.42 Å². The summed E-state index contributed by atoms with van der Waals surface area (Å²) in [6, 6.07) is -1.95. The molecule has 2 aliphatic heterocycles. The van der Waals surface area contributed by atoms with Crippen molar-refractivity contribution in [1.29, 1.82) is 0 Å². The first-order valence-electron chi connectivity index (χ1n) is 20.7. The van der Waals surface area contributed by atoms with Crippen LogP contribution in [0.25, 0.3) is 0 Å². The number of allylic oxidation sites excluding steroid dienone is 1. The number of carbonyl (C=O) groups excluding carboxylic acids is 5. The minimum Gasteiger partial charge on any atom is -0.344 e. The third-order valence-corrected chi connectivity index (χ3v) is 17.3. The van der Waals surface area contributed by atoms with Crippen molar-refractivity contribution in [3.8, 4) is 0 Å². The molecular weight excluding hydrogens is 717 g/mol. The highest BCUT2D eigenvalue weighted by Crippen LogP contribution is 2.88. The lowest BCUT2D eigenvalue weighted by Gasteiger charge is -2.49.